The van der Waals surface area contributed by atoms with E-state index in [1.54, 1.807) is 6.92 Å². The van der Waals surface area contributed by atoms with E-state index in [2.05, 4.69) is 31.4 Å². The maximum absolute atomic E-state index is 12.1. The summed E-state index contributed by atoms with van der Waals surface area (Å²) in [7, 11) is 1.53. The van der Waals surface area contributed by atoms with Gasteiger partial charge in [-0.05, 0) is 24.2 Å². The first-order valence-corrected chi connectivity index (χ1v) is 6.49. The fourth-order valence-electron chi connectivity index (χ4n) is 3.12. The molecule has 0 radical (unpaired) electrons. The molecule has 1 aliphatic carbocycles. The molecule has 1 rings (SSSR count). The van der Waals surface area contributed by atoms with Crippen molar-refractivity contribution in [2.75, 3.05) is 13.6 Å². The molecule has 0 saturated heterocycles. The Hall–Kier alpha value is -1.10. The molecular formula is C13H25N3O2. The third-order valence-corrected chi connectivity index (χ3v) is 4.73. The fourth-order valence-corrected chi connectivity index (χ4v) is 3.12. The fraction of sp³-hybridized carbons (Fsp3) is 0.846. The van der Waals surface area contributed by atoms with Gasteiger partial charge >= 0.3 is 0 Å². The van der Waals surface area contributed by atoms with E-state index in [0.717, 1.165) is 6.42 Å². The van der Waals surface area contributed by atoms with Crippen LogP contribution in [0.25, 0.3) is 0 Å². The Bertz CT molecular complexity index is 354. The smallest absolute Gasteiger partial charge is 0.240 e. The third kappa shape index (κ3) is 2.36. The van der Waals surface area contributed by atoms with Gasteiger partial charge in [0.15, 0.2) is 0 Å². The first-order chi connectivity index (χ1) is 8.21. The van der Waals surface area contributed by atoms with Crippen LogP contribution < -0.4 is 16.4 Å². The Morgan fingerprint density at radius 3 is 2.39 bits per heavy atom. The number of rotatable bonds is 5. The van der Waals surface area contributed by atoms with Crippen LogP contribution in [0.1, 0.15) is 34.1 Å². The summed E-state index contributed by atoms with van der Waals surface area (Å²) in [6.45, 7) is 8.15. The highest BCUT2D eigenvalue weighted by molar-refractivity contribution is 5.90. The van der Waals surface area contributed by atoms with Crippen LogP contribution in [0.3, 0.4) is 0 Å². The second-order valence-corrected chi connectivity index (χ2v) is 5.76. The van der Waals surface area contributed by atoms with Crippen LogP contribution in [-0.2, 0) is 9.59 Å². The standard InChI is InChI=1S/C13H25N3O2/c1-6-12(3)8(2)10(12)13(4,14)11(18)16-7-9(17)15-5/h8,10H,6-7,14H2,1-5H3,(H,15,17)(H,16,18). The topological polar surface area (TPSA) is 84.2 Å². The van der Waals surface area contributed by atoms with E-state index in [4.69, 9.17) is 5.73 Å². The van der Waals surface area contributed by atoms with Crippen molar-refractivity contribution in [2.45, 2.75) is 39.7 Å². The second kappa shape index (κ2) is 4.88. The van der Waals surface area contributed by atoms with Crippen molar-refractivity contribution < 1.29 is 9.59 Å². The number of nitrogens with one attached hydrogen (secondary N) is 2. The molecule has 2 amide bonds. The Balaban J connectivity index is 2.65. The van der Waals surface area contributed by atoms with E-state index in [0.29, 0.717) is 5.92 Å². The van der Waals surface area contributed by atoms with Gasteiger partial charge in [-0.25, -0.2) is 0 Å². The van der Waals surface area contributed by atoms with Crippen molar-refractivity contribution in [3.63, 3.8) is 0 Å². The zero-order chi connectivity index (χ0) is 14.1. The maximum Gasteiger partial charge on any atom is 0.240 e. The molecule has 0 bridgehead atoms. The summed E-state index contributed by atoms with van der Waals surface area (Å²) in [6, 6.07) is 0. The molecule has 5 nitrogen and oxygen atoms in total. The van der Waals surface area contributed by atoms with E-state index in [1.165, 1.54) is 7.05 Å². The number of nitrogens with two attached hydrogens (primary N) is 1. The Morgan fingerprint density at radius 2 is 2.00 bits per heavy atom. The molecule has 1 aliphatic rings. The second-order valence-electron chi connectivity index (χ2n) is 5.76. The molecular weight excluding hydrogens is 230 g/mol. The number of likely N-dealkylation sites (N-methyl/N-ethyl adjacent to an activating group) is 1. The van der Waals surface area contributed by atoms with Crippen molar-refractivity contribution in [1.82, 2.24) is 10.6 Å². The van der Waals surface area contributed by atoms with E-state index >= 15 is 0 Å². The van der Waals surface area contributed by atoms with Crippen LogP contribution >= 0.6 is 0 Å². The van der Waals surface area contributed by atoms with Gasteiger partial charge in [-0.2, -0.15) is 0 Å². The van der Waals surface area contributed by atoms with E-state index in [1.807, 2.05) is 0 Å². The molecule has 0 aliphatic heterocycles. The first-order valence-electron chi connectivity index (χ1n) is 6.49. The first kappa shape index (κ1) is 15.0. The highest BCUT2D eigenvalue weighted by Gasteiger charge is 2.65. The minimum atomic E-state index is -0.918. The molecule has 0 heterocycles. The van der Waals surface area contributed by atoms with Crippen molar-refractivity contribution in [3.05, 3.63) is 0 Å². The van der Waals surface area contributed by atoms with Crippen LogP contribution in [0.5, 0.6) is 0 Å². The largest absolute Gasteiger partial charge is 0.358 e. The molecule has 1 saturated carbocycles. The van der Waals surface area contributed by atoms with E-state index in [9.17, 15) is 9.59 Å². The van der Waals surface area contributed by atoms with Crippen molar-refractivity contribution in [1.29, 1.82) is 0 Å². The zero-order valence-electron chi connectivity index (χ0n) is 12.0. The van der Waals surface area contributed by atoms with Gasteiger partial charge < -0.3 is 16.4 Å². The SMILES string of the molecule is CCC1(C)C(C)C1C(C)(N)C(=O)NCC(=O)NC. The summed E-state index contributed by atoms with van der Waals surface area (Å²) < 4.78 is 0. The molecule has 4 N–H and O–H groups in total. The molecule has 5 heteroatoms. The summed E-state index contributed by atoms with van der Waals surface area (Å²) in [5, 5.41) is 5.06. The Morgan fingerprint density at radius 1 is 1.44 bits per heavy atom. The average molecular weight is 255 g/mol. The Labute approximate surface area is 109 Å². The van der Waals surface area contributed by atoms with E-state index in [-0.39, 0.29) is 29.7 Å². The van der Waals surface area contributed by atoms with Crippen LogP contribution in [0.4, 0.5) is 0 Å². The third-order valence-electron chi connectivity index (χ3n) is 4.73. The van der Waals surface area contributed by atoms with Gasteiger partial charge in [0.2, 0.25) is 11.8 Å². The minimum Gasteiger partial charge on any atom is -0.358 e. The van der Waals surface area contributed by atoms with Gasteiger partial charge in [0, 0.05) is 7.05 Å². The molecule has 4 atom stereocenters. The average Bonchev–Trinajstić information content (AvgIpc) is 2.89. The normalized spacial score (nSPS) is 33.4. The number of hydrogen-bond donors (Lipinski definition) is 3. The molecule has 104 valence electrons. The lowest BCUT2D eigenvalue weighted by molar-refractivity contribution is -0.129. The molecule has 0 aromatic carbocycles. The summed E-state index contributed by atoms with van der Waals surface area (Å²) in [5.74, 6) is 0.129. The van der Waals surface area contributed by atoms with Crippen LogP contribution in [0.2, 0.25) is 0 Å². The Kier molecular flexibility index (Phi) is 4.05. The molecule has 0 aromatic heterocycles. The summed E-state index contributed by atoms with van der Waals surface area (Å²) in [5.41, 5.74) is 5.41. The lowest BCUT2D eigenvalue weighted by Gasteiger charge is -2.26. The van der Waals surface area contributed by atoms with Gasteiger partial charge in [0.1, 0.15) is 0 Å². The zero-order valence-corrected chi connectivity index (χ0v) is 12.0. The highest BCUT2D eigenvalue weighted by Crippen LogP contribution is 2.64. The van der Waals surface area contributed by atoms with Crippen molar-refractivity contribution >= 4 is 11.8 Å². The van der Waals surface area contributed by atoms with Crippen LogP contribution in [0, 0.1) is 17.3 Å². The predicted octanol–water partition coefficient (Wildman–Crippen LogP) is 0.248. The van der Waals surface area contributed by atoms with Gasteiger partial charge in [-0.3, -0.25) is 9.59 Å². The van der Waals surface area contributed by atoms with E-state index < -0.39 is 5.54 Å². The van der Waals surface area contributed by atoms with Crippen molar-refractivity contribution in [2.24, 2.45) is 23.0 Å². The summed E-state index contributed by atoms with van der Waals surface area (Å²) >= 11 is 0. The quantitative estimate of drug-likeness (QED) is 0.658. The van der Waals surface area contributed by atoms with Crippen molar-refractivity contribution in [3.8, 4) is 0 Å². The number of carbonyl (C=O) groups is 2. The molecule has 1 fully saturated rings. The summed E-state index contributed by atoms with van der Waals surface area (Å²) in [6.07, 6.45) is 1.01. The molecule has 18 heavy (non-hydrogen) atoms. The summed E-state index contributed by atoms with van der Waals surface area (Å²) in [4.78, 5) is 23.2. The molecule has 0 aromatic rings. The maximum atomic E-state index is 12.1. The lowest BCUT2D eigenvalue weighted by atomic mass is 9.88. The number of amides is 2. The highest BCUT2D eigenvalue weighted by atomic mass is 16.2. The number of hydrogen-bond acceptors (Lipinski definition) is 3. The van der Waals surface area contributed by atoms with Gasteiger partial charge in [0.05, 0.1) is 12.1 Å². The van der Waals surface area contributed by atoms with Gasteiger partial charge in [-0.1, -0.05) is 27.2 Å². The lowest BCUT2D eigenvalue weighted by Crippen LogP contribution is -2.55. The van der Waals surface area contributed by atoms with Gasteiger partial charge in [-0.15, -0.1) is 0 Å². The number of carbonyl (C=O) groups excluding carboxylic acids is 2. The molecule has 0 spiro atoms. The van der Waals surface area contributed by atoms with Crippen LogP contribution in [-0.4, -0.2) is 30.9 Å². The minimum absolute atomic E-state index is 0.0218. The van der Waals surface area contributed by atoms with Crippen LogP contribution in [0.15, 0.2) is 0 Å². The monoisotopic (exact) mass is 255 g/mol. The molecule has 4 unspecified atom stereocenters. The van der Waals surface area contributed by atoms with Gasteiger partial charge in [0.25, 0.3) is 0 Å². The predicted molar refractivity (Wildman–Crippen MR) is 70.7 cm³/mol.